The molecule has 7 nitrogen and oxygen atoms in total. The van der Waals surface area contributed by atoms with Crippen LogP contribution in [-0.4, -0.2) is 27.3 Å². The Morgan fingerprint density at radius 2 is 1.85 bits per heavy atom. The number of nitrogens with one attached hydrogen (secondary N) is 1. The highest BCUT2D eigenvalue weighted by molar-refractivity contribution is 7.80. The zero-order valence-corrected chi connectivity index (χ0v) is 19.2. The number of anilines is 1. The lowest BCUT2D eigenvalue weighted by Crippen LogP contribution is -2.43. The number of aryl methyl sites for hydroxylation is 1. The lowest BCUT2D eigenvalue weighted by molar-refractivity contribution is 0.0951. The van der Waals surface area contributed by atoms with E-state index >= 15 is 0 Å². The number of benzene rings is 3. The predicted molar refractivity (Wildman–Crippen MR) is 126 cm³/mol. The fourth-order valence-corrected chi connectivity index (χ4v) is 3.84. The Morgan fingerprint density at radius 3 is 2.48 bits per heavy atom. The van der Waals surface area contributed by atoms with Crippen molar-refractivity contribution in [1.82, 2.24) is 5.32 Å². The van der Waals surface area contributed by atoms with Crippen molar-refractivity contribution in [3.8, 4) is 11.8 Å². The van der Waals surface area contributed by atoms with E-state index in [0.717, 1.165) is 11.1 Å². The third-order valence-corrected chi connectivity index (χ3v) is 5.88. The van der Waals surface area contributed by atoms with E-state index in [-0.39, 0.29) is 12.5 Å². The van der Waals surface area contributed by atoms with Crippen LogP contribution in [0.15, 0.2) is 72.8 Å². The van der Waals surface area contributed by atoms with Crippen LogP contribution >= 0.6 is 0 Å². The first kappa shape index (κ1) is 24.0. The molecule has 3 aromatic rings. The third-order valence-electron chi connectivity index (χ3n) is 4.99. The molecular formula is C25H24N3O4S-. The lowest BCUT2D eigenvalue weighted by Gasteiger charge is -2.32. The molecular weight excluding hydrogens is 438 g/mol. The highest BCUT2D eigenvalue weighted by Gasteiger charge is 2.17. The molecule has 0 aliphatic carbocycles. The molecule has 0 bridgehead atoms. The fraction of sp³-hybridized carbons (Fsp3) is 0.200. The molecule has 0 aliphatic rings. The zero-order chi connectivity index (χ0) is 23.8. The predicted octanol–water partition coefficient (Wildman–Crippen LogP) is 3.86. The normalized spacial score (nSPS) is 12.3. The molecule has 1 amide bonds. The van der Waals surface area contributed by atoms with Gasteiger partial charge in [0.15, 0.2) is 0 Å². The Kier molecular flexibility index (Phi) is 8.19. The zero-order valence-electron chi connectivity index (χ0n) is 18.4. The first-order valence-corrected chi connectivity index (χ1v) is 11.4. The summed E-state index contributed by atoms with van der Waals surface area (Å²) >= 11 is -2.48. The second-order valence-corrected chi connectivity index (χ2v) is 8.39. The maximum Gasteiger partial charge on any atom is 0.251 e. The second-order valence-electron chi connectivity index (χ2n) is 7.56. The first-order valence-electron chi connectivity index (χ1n) is 10.3. The van der Waals surface area contributed by atoms with Gasteiger partial charge < -0.3 is 14.6 Å². The number of nitriles is 1. The lowest BCUT2D eigenvalue weighted by atomic mass is 10.1. The number of amides is 1. The van der Waals surface area contributed by atoms with Crippen LogP contribution in [0.25, 0.3) is 0 Å². The molecule has 3 aromatic carbocycles. The van der Waals surface area contributed by atoms with Crippen LogP contribution < -0.4 is 14.4 Å². The van der Waals surface area contributed by atoms with Crippen molar-refractivity contribution >= 4 is 22.9 Å². The van der Waals surface area contributed by atoms with E-state index in [2.05, 4.69) is 11.4 Å². The molecule has 33 heavy (non-hydrogen) atoms. The minimum atomic E-state index is -2.48. The quantitative estimate of drug-likeness (QED) is 0.486. The Morgan fingerprint density at radius 1 is 1.15 bits per heavy atom. The van der Waals surface area contributed by atoms with Gasteiger partial charge in [0.25, 0.3) is 5.91 Å². The third kappa shape index (κ3) is 6.65. The molecule has 0 heterocycles. The highest BCUT2D eigenvalue weighted by Crippen LogP contribution is 2.20. The van der Waals surface area contributed by atoms with Gasteiger partial charge in [-0.15, -0.1) is 0 Å². The largest absolute Gasteiger partial charge is 0.755 e. The van der Waals surface area contributed by atoms with Gasteiger partial charge in [0, 0.05) is 29.1 Å². The van der Waals surface area contributed by atoms with Gasteiger partial charge in [-0.1, -0.05) is 35.9 Å². The molecule has 0 saturated heterocycles. The molecule has 2 unspecified atom stereocenters. The van der Waals surface area contributed by atoms with Crippen LogP contribution in [0.2, 0.25) is 0 Å². The van der Waals surface area contributed by atoms with Gasteiger partial charge in [-0.2, -0.15) is 5.26 Å². The molecule has 0 saturated carbocycles. The van der Waals surface area contributed by atoms with Crippen molar-refractivity contribution in [2.45, 2.75) is 26.5 Å². The molecule has 0 fully saturated rings. The molecule has 3 rings (SSSR count). The van der Waals surface area contributed by atoms with Crippen LogP contribution in [0, 0.1) is 18.3 Å². The van der Waals surface area contributed by atoms with E-state index in [9.17, 15) is 13.6 Å². The topological polar surface area (TPSA) is 105 Å². The highest BCUT2D eigenvalue weighted by atomic mass is 32.2. The number of ether oxygens (including phenoxy) is 1. The van der Waals surface area contributed by atoms with E-state index < -0.39 is 17.3 Å². The molecule has 170 valence electrons. The van der Waals surface area contributed by atoms with E-state index in [1.165, 1.54) is 4.31 Å². The number of carbonyl (C=O) groups is 1. The summed E-state index contributed by atoms with van der Waals surface area (Å²) in [5.41, 5.74) is 3.45. The molecule has 1 N–H and O–H groups in total. The fourth-order valence-electron chi connectivity index (χ4n) is 3.17. The summed E-state index contributed by atoms with van der Waals surface area (Å²) in [6.45, 7) is 4.09. The average molecular weight is 463 g/mol. The van der Waals surface area contributed by atoms with Gasteiger partial charge in [0.2, 0.25) is 0 Å². The minimum Gasteiger partial charge on any atom is -0.755 e. The van der Waals surface area contributed by atoms with Gasteiger partial charge in [-0.25, -0.2) is 0 Å². The van der Waals surface area contributed by atoms with Crippen molar-refractivity contribution in [2.24, 2.45) is 0 Å². The number of hydrogen-bond acceptors (Lipinski definition) is 5. The van der Waals surface area contributed by atoms with Crippen LogP contribution in [0.3, 0.4) is 0 Å². The van der Waals surface area contributed by atoms with Crippen LogP contribution in [0.1, 0.15) is 34.0 Å². The van der Waals surface area contributed by atoms with Crippen LogP contribution in [0.5, 0.6) is 5.75 Å². The Bertz CT molecular complexity index is 1160. The summed E-state index contributed by atoms with van der Waals surface area (Å²) in [5, 5.41) is 11.7. The number of carbonyl (C=O) groups excluding carboxylic acids is 1. The molecule has 8 heteroatoms. The summed E-state index contributed by atoms with van der Waals surface area (Å²) in [6, 6.07) is 22.6. The van der Waals surface area contributed by atoms with E-state index in [1.807, 2.05) is 31.2 Å². The van der Waals surface area contributed by atoms with Crippen molar-refractivity contribution in [3.05, 3.63) is 95.1 Å². The van der Waals surface area contributed by atoms with Crippen molar-refractivity contribution in [2.75, 3.05) is 10.8 Å². The SMILES string of the molecule is Cc1ccc(N(C(C)CNC(=O)c2cccc(OCc3ccc(C#N)cc3)c2)S(=O)[O-])cc1. The summed E-state index contributed by atoms with van der Waals surface area (Å²) in [6.07, 6.45) is 0. The monoisotopic (exact) mass is 462 g/mol. The maximum atomic E-state index is 12.6. The van der Waals surface area contributed by atoms with E-state index in [4.69, 9.17) is 10.00 Å². The minimum absolute atomic E-state index is 0.136. The van der Waals surface area contributed by atoms with Gasteiger partial charge in [-0.05, 0) is 61.9 Å². The summed E-state index contributed by atoms with van der Waals surface area (Å²) in [4.78, 5) is 12.6. The van der Waals surface area contributed by atoms with Gasteiger partial charge >= 0.3 is 0 Å². The molecule has 0 aromatic heterocycles. The van der Waals surface area contributed by atoms with Crippen molar-refractivity contribution in [1.29, 1.82) is 5.26 Å². The summed E-state index contributed by atoms with van der Waals surface area (Å²) < 4.78 is 30.6. The molecule has 0 radical (unpaired) electrons. The van der Waals surface area contributed by atoms with Crippen molar-refractivity contribution in [3.63, 3.8) is 0 Å². The Hall–Kier alpha value is -3.67. The Labute approximate surface area is 196 Å². The summed E-state index contributed by atoms with van der Waals surface area (Å²) in [7, 11) is 0. The number of rotatable bonds is 9. The van der Waals surface area contributed by atoms with Gasteiger partial charge in [-0.3, -0.25) is 13.3 Å². The standard InChI is InChI=1S/C25H25N3O4S/c1-18-6-12-23(13-7-18)28(33(30)31)19(2)16-27-25(29)22-4-3-5-24(14-22)32-17-21-10-8-20(15-26)9-11-21/h3-14,19H,16-17H2,1-2H3,(H,27,29)(H,30,31)/p-1. The van der Waals surface area contributed by atoms with Gasteiger partial charge in [0.05, 0.1) is 17.7 Å². The van der Waals surface area contributed by atoms with Crippen molar-refractivity contribution < 1.29 is 18.3 Å². The first-order chi connectivity index (χ1) is 15.9. The number of hydrogen-bond donors (Lipinski definition) is 1. The van der Waals surface area contributed by atoms with Gasteiger partial charge in [0.1, 0.15) is 12.4 Å². The Balaban J connectivity index is 1.59. The second kappa shape index (κ2) is 11.3. The van der Waals surface area contributed by atoms with E-state index in [1.54, 1.807) is 55.5 Å². The number of nitrogens with zero attached hydrogens (tertiary/aromatic N) is 2. The average Bonchev–Trinajstić information content (AvgIpc) is 2.83. The molecule has 0 aliphatic heterocycles. The smallest absolute Gasteiger partial charge is 0.251 e. The van der Waals surface area contributed by atoms with Crippen LogP contribution in [-0.2, 0) is 17.9 Å². The summed E-state index contributed by atoms with van der Waals surface area (Å²) in [5.74, 6) is 0.202. The molecule has 0 spiro atoms. The molecule has 2 atom stereocenters. The maximum absolute atomic E-state index is 12.6. The van der Waals surface area contributed by atoms with Crippen LogP contribution in [0.4, 0.5) is 5.69 Å². The van der Waals surface area contributed by atoms with E-state index in [0.29, 0.717) is 29.2 Å².